The van der Waals surface area contributed by atoms with Crippen LogP contribution < -0.4 is 4.74 Å². The minimum atomic E-state index is -2.66. The molecule has 19 heavy (non-hydrogen) atoms. The summed E-state index contributed by atoms with van der Waals surface area (Å²) >= 11 is 0. The van der Waals surface area contributed by atoms with Gasteiger partial charge >= 0.3 is 0 Å². The van der Waals surface area contributed by atoms with Crippen molar-refractivity contribution in [1.29, 1.82) is 0 Å². The smallest absolute Gasteiger partial charge is 0.285 e. The van der Waals surface area contributed by atoms with E-state index in [1.165, 1.54) is 18.1 Å². The average Bonchev–Trinajstić information content (AvgIpc) is 3.00. The van der Waals surface area contributed by atoms with Gasteiger partial charge in [0.25, 0.3) is 6.43 Å². The van der Waals surface area contributed by atoms with Crippen LogP contribution in [0.3, 0.4) is 0 Å². The van der Waals surface area contributed by atoms with E-state index in [2.05, 4.69) is 20.9 Å². The fourth-order valence-electron chi connectivity index (χ4n) is 2.71. The maximum absolute atomic E-state index is 12.7. The molecule has 0 bridgehead atoms. The summed E-state index contributed by atoms with van der Waals surface area (Å²) in [5.41, 5.74) is 0.986. The standard InChI is InChI=1S/C13H15F2N3O/c14-12(15)11-13(17-6-5-16-11)19-8-10-4-3-9-2-1-7-18(9)10/h2,5-6,10,12H,1,3-4,7-8H2/t10-/m0/s1. The van der Waals surface area contributed by atoms with Gasteiger partial charge in [0, 0.05) is 24.6 Å². The molecule has 0 saturated carbocycles. The van der Waals surface area contributed by atoms with Crippen molar-refractivity contribution >= 4 is 0 Å². The van der Waals surface area contributed by atoms with Gasteiger partial charge in [-0.2, -0.15) is 0 Å². The predicted octanol–water partition coefficient (Wildman–Crippen LogP) is 2.55. The number of allylic oxidation sites excluding steroid dienone is 1. The van der Waals surface area contributed by atoms with Crippen LogP contribution in [0.15, 0.2) is 24.2 Å². The Morgan fingerprint density at radius 3 is 3.05 bits per heavy atom. The van der Waals surface area contributed by atoms with E-state index in [1.54, 1.807) is 0 Å². The molecule has 4 nitrogen and oxygen atoms in total. The number of fused-ring (bicyclic) bond motifs is 1. The number of halogens is 2. The van der Waals surface area contributed by atoms with Gasteiger partial charge in [-0.3, -0.25) is 0 Å². The molecular weight excluding hydrogens is 252 g/mol. The Bertz CT molecular complexity index is 493. The number of rotatable bonds is 4. The molecule has 1 aromatic rings. The van der Waals surface area contributed by atoms with E-state index in [1.807, 2.05) is 0 Å². The largest absolute Gasteiger partial charge is 0.474 e. The van der Waals surface area contributed by atoms with Crippen molar-refractivity contribution in [3.05, 3.63) is 29.9 Å². The lowest BCUT2D eigenvalue weighted by molar-refractivity contribution is 0.132. The molecule has 102 valence electrons. The van der Waals surface area contributed by atoms with Gasteiger partial charge in [-0.05, 0) is 19.3 Å². The zero-order valence-electron chi connectivity index (χ0n) is 10.4. The molecule has 6 heteroatoms. The van der Waals surface area contributed by atoms with Gasteiger partial charge in [0.2, 0.25) is 5.88 Å². The lowest BCUT2D eigenvalue weighted by atomic mass is 10.2. The fourth-order valence-corrected chi connectivity index (χ4v) is 2.71. The van der Waals surface area contributed by atoms with Crippen LogP contribution in [0.4, 0.5) is 8.78 Å². The Morgan fingerprint density at radius 2 is 2.21 bits per heavy atom. The van der Waals surface area contributed by atoms with Gasteiger partial charge in [-0.25, -0.2) is 18.7 Å². The highest BCUT2D eigenvalue weighted by Crippen LogP contribution is 2.32. The maximum atomic E-state index is 12.7. The van der Waals surface area contributed by atoms with Crippen LogP contribution in [0.5, 0.6) is 5.88 Å². The predicted molar refractivity (Wildman–Crippen MR) is 64.9 cm³/mol. The molecule has 0 N–H and O–H groups in total. The van der Waals surface area contributed by atoms with Crippen molar-refractivity contribution < 1.29 is 13.5 Å². The van der Waals surface area contributed by atoms with Gasteiger partial charge in [0.15, 0.2) is 5.69 Å². The van der Waals surface area contributed by atoms with Gasteiger partial charge < -0.3 is 9.64 Å². The molecule has 0 unspecified atom stereocenters. The summed E-state index contributed by atoms with van der Waals surface area (Å²) in [5, 5.41) is 0. The van der Waals surface area contributed by atoms with Crippen molar-refractivity contribution in [2.24, 2.45) is 0 Å². The molecule has 1 aromatic heterocycles. The zero-order chi connectivity index (χ0) is 13.2. The Kier molecular flexibility index (Phi) is 3.31. The second kappa shape index (κ2) is 5.11. The molecule has 1 saturated heterocycles. The summed E-state index contributed by atoms with van der Waals surface area (Å²) in [7, 11) is 0. The molecule has 1 fully saturated rings. The minimum Gasteiger partial charge on any atom is -0.474 e. The summed E-state index contributed by atoms with van der Waals surface area (Å²) in [4.78, 5) is 9.78. The van der Waals surface area contributed by atoms with Crippen LogP contribution in [0.25, 0.3) is 0 Å². The van der Waals surface area contributed by atoms with Crippen LogP contribution in [0.2, 0.25) is 0 Å². The van der Waals surface area contributed by atoms with Crippen LogP contribution >= 0.6 is 0 Å². The first kappa shape index (κ1) is 12.3. The van der Waals surface area contributed by atoms with Crippen molar-refractivity contribution in [3.63, 3.8) is 0 Å². The van der Waals surface area contributed by atoms with Crippen molar-refractivity contribution in [2.75, 3.05) is 13.2 Å². The summed E-state index contributed by atoms with van der Waals surface area (Å²) in [5.74, 6) is -0.0471. The second-order valence-electron chi connectivity index (χ2n) is 4.73. The Balaban J connectivity index is 1.65. The lowest BCUT2D eigenvalue weighted by Crippen LogP contribution is -2.32. The first-order valence-electron chi connectivity index (χ1n) is 6.43. The van der Waals surface area contributed by atoms with E-state index in [0.29, 0.717) is 6.61 Å². The first-order valence-corrected chi connectivity index (χ1v) is 6.43. The Labute approximate surface area is 110 Å². The number of aromatic nitrogens is 2. The van der Waals surface area contributed by atoms with Crippen molar-refractivity contribution in [3.8, 4) is 5.88 Å². The van der Waals surface area contributed by atoms with Crippen LogP contribution in [-0.4, -0.2) is 34.1 Å². The second-order valence-corrected chi connectivity index (χ2v) is 4.73. The third-order valence-corrected chi connectivity index (χ3v) is 3.60. The van der Waals surface area contributed by atoms with E-state index in [-0.39, 0.29) is 17.6 Å². The molecule has 2 aliphatic rings. The molecular formula is C13H15F2N3O. The van der Waals surface area contributed by atoms with Crippen LogP contribution in [0.1, 0.15) is 31.4 Å². The van der Waals surface area contributed by atoms with Gasteiger partial charge in [-0.15, -0.1) is 0 Å². The van der Waals surface area contributed by atoms with E-state index in [9.17, 15) is 8.78 Å². The van der Waals surface area contributed by atoms with Gasteiger partial charge in [-0.1, -0.05) is 6.08 Å². The number of alkyl halides is 2. The zero-order valence-corrected chi connectivity index (χ0v) is 10.4. The summed E-state index contributed by atoms with van der Waals surface area (Å²) < 4.78 is 31.0. The lowest BCUT2D eigenvalue weighted by Gasteiger charge is -2.24. The van der Waals surface area contributed by atoms with Crippen molar-refractivity contribution in [1.82, 2.24) is 14.9 Å². The highest BCUT2D eigenvalue weighted by molar-refractivity contribution is 5.19. The maximum Gasteiger partial charge on any atom is 0.285 e. The normalized spacial score (nSPS) is 21.7. The summed E-state index contributed by atoms with van der Waals surface area (Å²) in [6, 6.07) is 0.265. The third kappa shape index (κ3) is 2.39. The van der Waals surface area contributed by atoms with E-state index in [4.69, 9.17) is 4.74 Å². The fraction of sp³-hybridized carbons (Fsp3) is 0.538. The first-order chi connectivity index (χ1) is 9.25. The third-order valence-electron chi connectivity index (χ3n) is 3.60. The van der Waals surface area contributed by atoms with E-state index < -0.39 is 6.43 Å². The van der Waals surface area contributed by atoms with Crippen LogP contribution in [-0.2, 0) is 0 Å². The molecule has 0 aromatic carbocycles. The number of hydrogen-bond donors (Lipinski definition) is 0. The minimum absolute atomic E-state index is 0.0471. The highest BCUT2D eigenvalue weighted by Gasteiger charge is 2.31. The number of hydrogen-bond acceptors (Lipinski definition) is 4. The molecule has 2 aliphatic heterocycles. The molecule has 0 aliphatic carbocycles. The number of ether oxygens (including phenoxy) is 1. The molecule has 0 amide bonds. The quantitative estimate of drug-likeness (QED) is 0.840. The van der Waals surface area contributed by atoms with E-state index in [0.717, 1.165) is 25.8 Å². The van der Waals surface area contributed by atoms with Crippen LogP contribution in [0, 0.1) is 0 Å². The SMILES string of the molecule is FC(F)c1nccnc1OC[C@@H]1CCC2=CCCN21. The highest BCUT2D eigenvalue weighted by atomic mass is 19.3. The van der Waals surface area contributed by atoms with Gasteiger partial charge in [0.05, 0.1) is 6.04 Å². The molecule has 1 atom stereocenters. The Morgan fingerprint density at radius 1 is 1.37 bits per heavy atom. The average molecular weight is 267 g/mol. The number of nitrogens with zero attached hydrogens (tertiary/aromatic N) is 3. The molecule has 0 radical (unpaired) electrons. The molecule has 3 rings (SSSR count). The van der Waals surface area contributed by atoms with E-state index >= 15 is 0 Å². The summed E-state index contributed by atoms with van der Waals surface area (Å²) in [6.45, 7) is 1.39. The topological polar surface area (TPSA) is 38.3 Å². The van der Waals surface area contributed by atoms with Crippen molar-refractivity contribution in [2.45, 2.75) is 31.7 Å². The van der Waals surface area contributed by atoms with Gasteiger partial charge in [0.1, 0.15) is 6.61 Å². The summed E-state index contributed by atoms with van der Waals surface area (Å²) in [6.07, 6.45) is 5.34. The monoisotopic (exact) mass is 267 g/mol. The molecule has 3 heterocycles. The Hall–Kier alpha value is -1.72. The molecule has 0 spiro atoms.